The van der Waals surface area contributed by atoms with E-state index in [-0.39, 0.29) is 4.49 Å². The standard InChI is InChI=1S/C4H4Cl2O3/c5-3(6)1-2(7)4(8)9/h1-2,7H,(H,8,9). The van der Waals surface area contributed by atoms with E-state index in [9.17, 15) is 4.79 Å². The van der Waals surface area contributed by atoms with Crippen molar-refractivity contribution in [3.63, 3.8) is 0 Å². The molecule has 0 aromatic carbocycles. The van der Waals surface area contributed by atoms with Crippen molar-refractivity contribution in [3.05, 3.63) is 10.6 Å². The first-order valence-electron chi connectivity index (χ1n) is 1.97. The fourth-order valence-electron chi connectivity index (χ4n) is 0.191. The molecular formula is C4H4Cl2O3. The lowest BCUT2D eigenvalue weighted by atomic mass is 10.4. The molecule has 2 N–H and O–H groups in total. The van der Waals surface area contributed by atoms with Gasteiger partial charge in [-0.05, 0) is 6.08 Å². The van der Waals surface area contributed by atoms with Gasteiger partial charge in [-0.2, -0.15) is 0 Å². The maximum Gasteiger partial charge on any atom is 0.336 e. The zero-order valence-corrected chi connectivity index (χ0v) is 5.73. The molecule has 3 nitrogen and oxygen atoms in total. The minimum Gasteiger partial charge on any atom is -0.479 e. The number of carboxylic acids is 1. The maximum absolute atomic E-state index is 9.82. The van der Waals surface area contributed by atoms with Gasteiger partial charge in [0.25, 0.3) is 0 Å². The van der Waals surface area contributed by atoms with Gasteiger partial charge in [-0.3, -0.25) is 0 Å². The smallest absolute Gasteiger partial charge is 0.336 e. The van der Waals surface area contributed by atoms with Crippen LogP contribution in [0.2, 0.25) is 0 Å². The maximum atomic E-state index is 9.82. The van der Waals surface area contributed by atoms with Crippen LogP contribution >= 0.6 is 23.2 Å². The second-order valence-electron chi connectivity index (χ2n) is 1.24. The van der Waals surface area contributed by atoms with Crippen LogP contribution in [-0.2, 0) is 4.79 Å². The number of rotatable bonds is 2. The van der Waals surface area contributed by atoms with E-state index in [2.05, 4.69) is 0 Å². The van der Waals surface area contributed by atoms with Gasteiger partial charge < -0.3 is 10.2 Å². The highest BCUT2D eigenvalue weighted by atomic mass is 35.5. The zero-order chi connectivity index (χ0) is 7.44. The van der Waals surface area contributed by atoms with Gasteiger partial charge in [0.1, 0.15) is 4.49 Å². The quantitative estimate of drug-likeness (QED) is 0.644. The third-order valence-corrected chi connectivity index (χ3v) is 0.789. The molecule has 0 radical (unpaired) electrons. The fourth-order valence-corrected chi connectivity index (χ4v) is 0.429. The number of aliphatic hydroxyl groups excluding tert-OH is 1. The molecule has 0 fully saturated rings. The van der Waals surface area contributed by atoms with Crippen LogP contribution in [-0.4, -0.2) is 22.3 Å². The number of aliphatic carboxylic acids is 1. The summed E-state index contributed by atoms with van der Waals surface area (Å²) in [6.07, 6.45) is -0.805. The summed E-state index contributed by atoms with van der Waals surface area (Å²) < 4.78 is -0.259. The van der Waals surface area contributed by atoms with E-state index in [0.29, 0.717) is 0 Å². The molecule has 0 saturated heterocycles. The first-order valence-corrected chi connectivity index (χ1v) is 2.73. The Labute approximate surface area is 61.5 Å². The van der Waals surface area contributed by atoms with Gasteiger partial charge in [-0.25, -0.2) is 4.79 Å². The van der Waals surface area contributed by atoms with E-state index in [1.165, 1.54) is 0 Å². The van der Waals surface area contributed by atoms with E-state index in [0.717, 1.165) is 6.08 Å². The number of carbonyl (C=O) groups is 1. The van der Waals surface area contributed by atoms with Gasteiger partial charge in [-0.1, -0.05) is 23.2 Å². The Kier molecular flexibility index (Phi) is 3.61. The van der Waals surface area contributed by atoms with Crippen molar-refractivity contribution in [2.75, 3.05) is 0 Å². The molecule has 1 unspecified atom stereocenters. The normalized spacial score (nSPS) is 12.3. The Hall–Kier alpha value is -0.250. The minimum absolute atomic E-state index is 0.259. The van der Waals surface area contributed by atoms with Crippen molar-refractivity contribution in [1.82, 2.24) is 0 Å². The van der Waals surface area contributed by atoms with Crippen molar-refractivity contribution in [1.29, 1.82) is 0 Å². The monoisotopic (exact) mass is 170 g/mol. The summed E-state index contributed by atoms with van der Waals surface area (Å²) in [5.41, 5.74) is 0. The Bertz CT molecular complexity index is 139. The third-order valence-electron chi connectivity index (χ3n) is 0.537. The average Bonchev–Trinajstić information content (AvgIpc) is 1.63. The van der Waals surface area contributed by atoms with E-state index >= 15 is 0 Å². The SMILES string of the molecule is O=C(O)C(O)C=C(Cl)Cl. The topological polar surface area (TPSA) is 57.5 Å². The Morgan fingerprint density at radius 3 is 2.11 bits per heavy atom. The molecule has 9 heavy (non-hydrogen) atoms. The predicted octanol–water partition coefficient (Wildman–Crippen LogP) is 0.751. The number of halogens is 2. The van der Waals surface area contributed by atoms with Crippen LogP contribution < -0.4 is 0 Å². The molecule has 0 spiro atoms. The van der Waals surface area contributed by atoms with Crippen molar-refractivity contribution >= 4 is 29.2 Å². The lowest BCUT2D eigenvalue weighted by Gasteiger charge is -1.94. The number of hydrogen-bond acceptors (Lipinski definition) is 2. The van der Waals surface area contributed by atoms with E-state index in [1.54, 1.807) is 0 Å². The summed E-state index contributed by atoms with van der Waals surface area (Å²) >= 11 is 10.0. The van der Waals surface area contributed by atoms with Gasteiger partial charge in [-0.15, -0.1) is 0 Å². The summed E-state index contributed by atoms with van der Waals surface area (Å²) in [7, 11) is 0. The van der Waals surface area contributed by atoms with E-state index < -0.39 is 12.1 Å². The summed E-state index contributed by atoms with van der Waals surface area (Å²) in [5.74, 6) is -1.38. The summed E-state index contributed by atoms with van der Waals surface area (Å²) in [5, 5.41) is 16.5. The van der Waals surface area contributed by atoms with Gasteiger partial charge >= 0.3 is 5.97 Å². The van der Waals surface area contributed by atoms with E-state index in [4.69, 9.17) is 33.4 Å². The highest BCUT2D eigenvalue weighted by Gasteiger charge is 2.08. The van der Waals surface area contributed by atoms with Crippen LogP contribution in [0.4, 0.5) is 0 Å². The molecule has 52 valence electrons. The molecule has 0 aliphatic carbocycles. The summed E-state index contributed by atoms with van der Waals surface area (Å²) in [6, 6.07) is 0. The molecule has 0 heterocycles. The van der Waals surface area contributed by atoms with Crippen molar-refractivity contribution in [2.24, 2.45) is 0 Å². The van der Waals surface area contributed by atoms with Crippen LogP contribution in [0.15, 0.2) is 10.6 Å². The van der Waals surface area contributed by atoms with Gasteiger partial charge in [0.15, 0.2) is 6.10 Å². The molecule has 0 amide bonds. The molecule has 0 aliphatic heterocycles. The second-order valence-corrected chi connectivity index (χ2v) is 2.25. The van der Waals surface area contributed by atoms with Gasteiger partial charge in [0, 0.05) is 0 Å². The van der Waals surface area contributed by atoms with Crippen LogP contribution in [0.1, 0.15) is 0 Å². The average molecular weight is 171 g/mol. The minimum atomic E-state index is -1.62. The Balaban J connectivity index is 3.91. The molecule has 0 aliphatic rings. The lowest BCUT2D eigenvalue weighted by Crippen LogP contribution is -2.16. The Morgan fingerprint density at radius 1 is 1.56 bits per heavy atom. The highest BCUT2D eigenvalue weighted by Crippen LogP contribution is 2.07. The molecule has 0 saturated carbocycles. The molecule has 0 rings (SSSR count). The molecular weight excluding hydrogens is 167 g/mol. The van der Waals surface area contributed by atoms with E-state index in [1.807, 2.05) is 0 Å². The molecule has 5 heteroatoms. The third kappa shape index (κ3) is 4.27. The van der Waals surface area contributed by atoms with Crippen LogP contribution in [0, 0.1) is 0 Å². The fraction of sp³-hybridized carbons (Fsp3) is 0.250. The van der Waals surface area contributed by atoms with Crippen LogP contribution in [0.5, 0.6) is 0 Å². The van der Waals surface area contributed by atoms with Crippen molar-refractivity contribution < 1.29 is 15.0 Å². The van der Waals surface area contributed by atoms with Gasteiger partial charge in [0.2, 0.25) is 0 Å². The highest BCUT2D eigenvalue weighted by molar-refractivity contribution is 6.55. The number of carboxylic acid groups (broad SMARTS) is 1. The first kappa shape index (κ1) is 8.75. The van der Waals surface area contributed by atoms with Crippen LogP contribution in [0.25, 0.3) is 0 Å². The summed E-state index contributed by atoms with van der Waals surface area (Å²) in [4.78, 5) is 9.82. The summed E-state index contributed by atoms with van der Waals surface area (Å²) in [6.45, 7) is 0. The molecule has 0 aromatic heterocycles. The number of hydrogen-bond donors (Lipinski definition) is 2. The number of aliphatic hydroxyl groups is 1. The largest absolute Gasteiger partial charge is 0.479 e. The molecule has 0 bridgehead atoms. The lowest BCUT2D eigenvalue weighted by molar-refractivity contribution is -0.144. The second kappa shape index (κ2) is 3.71. The van der Waals surface area contributed by atoms with Gasteiger partial charge in [0.05, 0.1) is 0 Å². The zero-order valence-electron chi connectivity index (χ0n) is 4.21. The predicted molar refractivity (Wildman–Crippen MR) is 33.4 cm³/mol. The van der Waals surface area contributed by atoms with Crippen LogP contribution in [0.3, 0.4) is 0 Å². The Morgan fingerprint density at radius 2 is 2.00 bits per heavy atom. The first-order chi connectivity index (χ1) is 4.04. The van der Waals surface area contributed by atoms with Crippen molar-refractivity contribution in [3.8, 4) is 0 Å². The molecule has 1 atom stereocenters. The molecule has 0 aromatic rings. The van der Waals surface area contributed by atoms with Crippen molar-refractivity contribution in [2.45, 2.75) is 6.10 Å².